The van der Waals surface area contributed by atoms with E-state index in [1.165, 1.54) is 0 Å². The number of ether oxygens (including phenoxy) is 1. The topological polar surface area (TPSA) is 47.3 Å². The third-order valence-corrected chi connectivity index (χ3v) is 2.75. The Kier molecular flexibility index (Phi) is 4.36. The second-order valence-corrected chi connectivity index (χ2v) is 4.27. The quantitative estimate of drug-likeness (QED) is 0.850. The summed E-state index contributed by atoms with van der Waals surface area (Å²) in [5.74, 6) is 1.65. The first-order valence-corrected chi connectivity index (χ1v) is 6.02. The largest absolute Gasteiger partial charge is 0.481 e. The van der Waals surface area contributed by atoms with Gasteiger partial charge in [-0.05, 0) is 30.7 Å². The average Bonchev–Trinajstić information content (AvgIpc) is 2.89. The summed E-state index contributed by atoms with van der Waals surface area (Å²) in [6.07, 6.45) is 4.35. The summed E-state index contributed by atoms with van der Waals surface area (Å²) in [5, 5.41) is 3.45. The van der Waals surface area contributed by atoms with E-state index in [1.54, 1.807) is 19.6 Å². The van der Waals surface area contributed by atoms with Crippen molar-refractivity contribution in [3.05, 3.63) is 48.0 Å². The first kappa shape index (κ1) is 12.6. The van der Waals surface area contributed by atoms with Crippen molar-refractivity contribution >= 4 is 0 Å². The van der Waals surface area contributed by atoms with E-state index in [2.05, 4.69) is 17.2 Å². The van der Waals surface area contributed by atoms with Crippen LogP contribution in [0, 0.1) is 0 Å². The highest BCUT2D eigenvalue weighted by molar-refractivity contribution is 5.20. The second kappa shape index (κ2) is 6.21. The van der Waals surface area contributed by atoms with Crippen LogP contribution in [-0.4, -0.2) is 18.1 Å². The Morgan fingerprint density at radius 1 is 1.44 bits per heavy atom. The molecule has 0 fully saturated rings. The zero-order chi connectivity index (χ0) is 12.8. The van der Waals surface area contributed by atoms with Crippen molar-refractivity contribution < 1.29 is 9.15 Å². The molecule has 2 heterocycles. The first-order valence-electron chi connectivity index (χ1n) is 6.02. The first-order chi connectivity index (χ1) is 8.78. The maximum absolute atomic E-state index is 5.32. The highest BCUT2D eigenvalue weighted by Crippen LogP contribution is 2.09. The third kappa shape index (κ3) is 3.60. The number of hydrogen-bond donors (Lipinski definition) is 1. The highest BCUT2D eigenvalue weighted by Gasteiger charge is 2.05. The smallest absolute Gasteiger partial charge is 0.213 e. The Morgan fingerprint density at radius 2 is 2.33 bits per heavy atom. The molecule has 96 valence electrons. The van der Waals surface area contributed by atoms with Gasteiger partial charge in [-0.2, -0.15) is 0 Å². The number of aromatic nitrogens is 1. The van der Waals surface area contributed by atoms with Gasteiger partial charge in [0, 0.05) is 31.3 Å². The predicted octanol–water partition coefficient (Wildman–Crippen LogP) is 2.40. The molecule has 2 aromatic rings. The Bertz CT molecular complexity index is 468. The molecule has 1 unspecified atom stereocenters. The molecule has 0 bridgehead atoms. The van der Waals surface area contributed by atoms with Crippen molar-refractivity contribution in [1.29, 1.82) is 0 Å². The monoisotopic (exact) mass is 246 g/mol. The maximum atomic E-state index is 5.32. The van der Waals surface area contributed by atoms with Gasteiger partial charge in [0.25, 0.3) is 0 Å². The summed E-state index contributed by atoms with van der Waals surface area (Å²) in [4.78, 5) is 4.08. The van der Waals surface area contributed by atoms with Crippen molar-refractivity contribution in [3.8, 4) is 5.88 Å². The molecule has 0 saturated carbocycles. The van der Waals surface area contributed by atoms with Crippen LogP contribution in [0.5, 0.6) is 5.88 Å². The van der Waals surface area contributed by atoms with Gasteiger partial charge in [-0.15, -0.1) is 0 Å². The Hall–Kier alpha value is -1.81. The molecule has 0 radical (unpaired) electrons. The minimum Gasteiger partial charge on any atom is -0.481 e. The van der Waals surface area contributed by atoms with Crippen molar-refractivity contribution in [1.82, 2.24) is 10.3 Å². The Balaban J connectivity index is 1.83. The van der Waals surface area contributed by atoms with Gasteiger partial charge in [0.05, 0.1) is 13.4 Å². The molecule has 0 aliphatic rings. The molecule has 0 amide bonds. The van der Waals surface area contributed by atoms with Gasteiger partial charge < -0.3 is 14.5 Å². The van der Waals surface area contributed by atoms with E-state index in [4.69, 9.17) is 9.15 Å². The highest BCUT2D eigenvalue weighted by atomic mass is 16.5. The Morgan fingerprint density at radius 3 is 3.06 bits per heavy atom. The zero-order valence-corrected chi connectivity index (χ0v) is 10.7. The van der Waals surface area contributed by atoms with E-state index in [0.717, 1.165) is 24.3 Å². The molecule has 4 heteroatoms. The molecule has 2 rings (SSSR count). The van der Waals surface area contributed by atoms with Crippen LogP contribution in [0.2, 0.25) is 0 Å². The minimum atomic E-state index is 0.357. The van der Waals surface area contributed by atoms with Crippen LogP contribution in [0.4, 0.5) is 0 Å². The fourth-order valence-electron chi connectivity index (χ4n) is 1.77. The van der Waals surface area contributed by atoms with E-state index in [9.17, 15) is 0 Å². The lowest BCUT2D eigenvalue weighted by Gasteiger charge is -2.12. The molecule has 0 spiro atoms. The van der Waals surface area contributed by atoms with Crippen LogP contribution in [0.25, 0.3) is 0 Å². The van der Waals surface area contributed by atoms with Gasteiger partial charge in [-0.25, -0.2) is 4.98 Å². The van der Waals surface area contributed by atoms with E-state index in [-0.39, 0.29) is 0 Å². The van der Waals surface area contributed by atoms with Crippen LogP contribution in [-0.2, 0) is 13.0 Å². The number of rotatable bonds is 6. The summed E-state index contributed by atoms with van der Waals surface area (Å²) in [6.45, 7) is 2.93. The summed E-state index contributed by atoms with van der Waals surface area (Å²) >= 11 is 0. The van der Waals surface area contributed by atoms with Gasteiger partial charge >= 0.3 is 0 Å². The number of methoxy groups -OCH3 is 1. The summed E-state index contributed by atoms with van der Waals surface area (Å²) < 4.78 is 10.4. The molecule has 1 atom stereocenters. The third-order valence-electron chi connectivity index (χ3n) is 2.75. The molecule has 0 aliphatic carbocycles. The van der Waals surface area contributed by atoms with Gasteiger partial charge in [0.1, 0.15) is 5.76 Å². The van der Waals surface area contributed by atoms with E-state index in [0.29, 0.717) is 11.9 Å². The van der Waals surface area contributed by atoms with Gasteiger partial charge in [-0.3, -0.25) is 0 Å². The molecule has 4 nitrogen and oxygen atoms in total. The van der Waals surface area contributed by atoms with Gasteiger partial charge in [0.2, 0.25) is 5.88 Å². The van der Waals surface area contributed by atoms with Gasteiger partial charge in [-0.1, -0.05) is 0 Å². The number of nitrogens with one attached hydrogen (secondary N) is 1. The number of furan rings is 1. The fourth-order valence-corrected chi connectivity index (χ4v) is 1.77. The molecule has 0 aromatic carbocycles. The van der Waals surface area contributed by atoms with E-state index in [1.807, 2.05) is 24.3 Å². The van der Waals surface area contributed by atoms with Crippen molar-refractivity contribution in [2.24, 2.45) is 0 Å². The van der Waals surface area contributed by atoms with Crippen LogP contribution in [0.15, 0.2) is 41.1 Å². The Labute approximate surface area is 107 Å². The lowest BCUT2D eigenvalue weighted by molar-refractivity contribution is 0.396. The van der Waals surface area contributed by atoms with Crippen molar-refractivity contribution in [2.75, 3.05) is 7.11 Å². The van der Waals surface area contributed by atoms with E-state index >= 15 is 0 Å². The summed E-state index contributed by atoms with van der Waals surface area (Å²) in [5.41, 5.74) is 1.16. The van der Waals surface area contributed by atoms with Crippen LogP contribution < -0.4 is 10.1 Å². The molecule has 0 saturated heterocycles. The van der Waals surface area contributed by atoms with Crippen molar-refractivity contribution in [3.63, 3.8) is 0 Å². The SMILES string of the molecule is COc1cc(CNC(C)Cc2ccco2)ccn1. The number of nitrogens with zero attached hydrogens (tertiary/aromatic N) is 1. The van der Waals surface area contributed by atoms with Gasteiger partial charge in [0.15, 0.2) is 0 Å². The molecule has 18 heavy (non-hydrogen) atoms. The van der Waals surface area contributed by atoms with Crippen molar-refractivity contribution in [2.45, 2.75) is 25.9 Å². The summed E-state index contributed by atoms with van der Waals surface area (Å²) in [6, 6.07) is 8.18. The average molecular weight is 246 g/mol. The molecular weight excluding hydrogens is 228 g/mol. The number of hydrogen-bond acceptors (Lipinski definition) is 4. The molecular formula is C14H18N2O2. The standard InChI is InChI=1S/C14H18N2O2/c1-11(8-13-4-3-7-18-13)16-10-12-5-6-15-14(9-12)17-2/h3-7,9,11,16H,8,10H2,1-2H3. The predicted molar refractivity (Wildman–Crippen MR) is 69.5 cm³/mol. The van der Waals surface area contributed by atoms with E-state index < -0.39 is 0 Å². The molecule has 0 aliphatic heterocycles. The van der Waals surface area contributed by atoms with Crippen LogP contribution in [0.3, 0.4) is 0 Å². The molecule has 1 N–H and O–H groups in total. The van der Waals surface area contributed by atoms with Crippen LogP contribution >= 0.6 is 0 Å². The minimum absolute atomic E-state index is 0.357. The lowest BCUT2D eigenvalue weighted by atomic mass is 10.2. The summed E-state index contributed by atoms with van der Waals surface area (Å²) in [7, 11) is 1.62. The molecule has 2 aromatic heterocycles. The lowest BCUT2D eigenvalue weighted by Crippen LogP contribution is -2.27. The van der Waals surface area contributed by atoms with Crippen LogP contribution in [0.1, 0.15) is 18.2 Å². The second-order valence-electron chi connectivity index (χ2n) is 4.27. The zero-order valence-electron chi connectivity index (χ0n) is 10.7. The normalized spacial score (nSPS) is 12.3. The maximum Gasteiger partial charge on any atom is 0.213 e. The number of pyridine rings is 1. The fraction of sp³-hybridized carbons (Fsp3) is 0.357.